The van der Waals surface area contributed by atoms with Gasteiger partial charge in [0, 0.05) is 45.8 Å². The number of rotatable bonds is 5. The third-order valence-electron chi connectivity index (χ3n) is 5.38. The lowest BCUT2D eigenvalue weighted by Gasteiger charge is -2.38. The SMILES string of the molecule is Cc1cc(C(=O)N2CCN(C(C#N)C(C)C)CC2)cc(S(=O)(=O)N(C)C)c1C. The molecule has 8 heteroatoms. The van der Waals surface area contributed by atoms with Gasteiger partial charge in [0.2, 0.25) is 10.0 Å². The minimum absolute atomic E-state index is 0.157. The summed E-state index contributed by atoms with van der Waals surface area (Å²) in [5.74, 6) is 0.0572. The largest absolute Gasteiger partial charge is 0.336 e. The second-order valence-corrected chi connectivity index (χ2v) is 9.97. The maximum absolute atomic E-state index is 13.0. The number of carbonyl (C=O) groups excluding carboxylic acids is 1. The van der Waals surface area contributed by atoms with Crippen LogP contribution in [0.1, 0.15) is 35.3 Å². The van der Waals surface area contributed by atoms with E-state index in [1.807, 2.05) is 20.8 Å². The Morgan fingerprint density at radius 2 is 1.71 bits per heavy atom. The Hall–Kier alpha value is -1.95. The summed E-state index contributed by atoms with van der Waals surface area (Å²) in [6, 6.07) is 5.43. The molecule has 0 radical (unpaired) electrons. The summed E-state index contributed by atoms with van der Waals surface area (Å²) in [4.78, 5) is 17.0. The number of hydrogen-bond acceptors (Lipinski definition) is 5. The van der Waals surface area contributed by atoms with Crippen LogP contribution in [0, 0.1) is 31.1 Å². The number of benzene rings is 1. The first-order chi connectivity index (χ1) is 13.0. The summed E-state index contributed by atoms with van der Waals surface area (Å²) in [5, 5.41) is 9.38. The van der Waals surface area contributed by atoms with E-state index in [2.05, 4.69) is 11.0 Å². The van der Waals surface area contributed by atoms with Crippen molar-refractivity contribution in [2.45, 2.75) is 38.6 Å². The molecule has 2 rings (SSSR count). The molecular formula is C20H30N4O3S. The van der Waals surface area contributed by atoms with Crippen molar-refractivity contribution in [3.63, 3.8) is 0 Å². The van der Waals surface area contributed by atoms with Crippen LogP contribution in [-0.4, -0.2) is 74.7 Å². The Bertz CT molecular complexity index is 879. The summed E-state index contributed by atoms with van der Waals surface area (Å²) >= 11 is 0. The summed E-state index contributed by atoms with van der Waals surface area (Å²) in [6.45, 7) is 9.93. The number of piperazine rings is 1. The first kappa shape index (κ1) is 22.3. The second kappa shape index (κ2) is 8.60. The fourth-order valence-electron chi connectivity index (χ4n) is 3.45. The Kier molecular flexibility index (Phi) is 6.86. The molecular weight excluding hydrogens is 376 g/mol. The Balaban J connectivity index is 2.25. The number of aryl methyl sites for hydroxylation is 1. The summed E-state index contributed by atoms with van der Waals surface area (Å²) in [5.41, 5.74) is 1.82. The van der Waals surface area contributed by atoms with Gasteiger partial charge in [-0.3, -0.25) is 9.69 Å². The highest BCUT2D eigenvalue weighted by Gasteiger charge is 2.29. The second-order valence-electron chi connectivity index (χ2n) is 7.85. The summed E-state index contributed by atoms with van der Waals surface area (Å²) in [6.07, 6.45) is 0. The maximum Gasteiger partial charge on any atom is 0.253 e. The third kappa shape index (κ3) is 4.37. The van der Waals surface area contributed by atoms with Crippen molar-refractivity contribution in [2.24, 2.45) is 5.92 Å². The molecule has 0 N–H and O–H groups in total. The minimum atomic E-state index is -3.63. The van der Waals surface area contributed by atoms with Crippen molar-refractivity contribution >= 4 is 15.9 Å². The molecule has 1 saturated heterocycles. The number of hydrogen-bond donors (Lipinski definition) is 0. The van der Waals surface area contributed by atoms with Crippen LogP contribution in [0.5, 0.6) is 0 Å². The van der Waals surface area contributed by atoms with Gasteiger partial charge in [-0.15, -0.1) is 0 Å². The average Bonchev–Trinajstić information content (AvgIpc) is 2.63. The van der Waals surface area contributed by atoms with Crippen LogP contribution in [0.3, 0.4) is 0 Å². The summed E-state index contributed by atoms with van der Waals surface area (Å²) in [7, 11) is -0.663. The fourth-order valence-corrected chi connectivity index (χ4v) is 4.67. The number of nitriles is 1. The molecule has 0 spiro atoms. The maximum atomic E-state index is 13.0. The van der Waals surface area contributed by atoms with Crippen molar-refractivity contribution in [1.82, 2.24) is 14.1 Å². The standard InChI is InChI=1S/C20H30N4O3S/c1-14(2)18(13-21)23-7-9-24(10-8-23)20(25)17-11-15(3)16(4)19(12-17)28(26,27)22(5)6/h11-12,14,18H,7-10H2,1-6H3. The smallest absolute Gasteiger partial charge is 0.253 e. The van der Waals surface area contributed by atoms with E-state index < -0.39 is 10.0 Å². The molecule has 0 bridgehead atoms. The van der Waals surface area contributed by atoms with E-state index in [9.17, 15) is 18.5 Å². The zero-order chi connectivity index (χ0) is 21.2. The van der Waals surface area contributed by atoms with Gasteiger partial charge in [0.15, 0.2) is 0 Å². The molecule has 1 heterocycles. The quantitative estimate of drug-likeness (QED) is 0.745. The van der Waals surface area contributed by atoms with Gasteiger partial charge in [-0.2, -0.15) is 5.26 Å². The molecule has 0 aromatic heterocycles. The fraction of sp³-hybridized carbons (Fsp3) is 0.600. The van der Waals surface area contributed by atoms with Crippen molar-refractivity contribution in [2.75, 3.05) is 40.3 Å². The van der Waals surface area contributed by atoms with Gasteiger partial charge < -0.3 is 4.90 Å². The predicted octanol–water partition coefficient (Wildman–Crippen LogP) is 1.86. The Labute approximate surface area is 168 Å². The molecule has 7 nitrogen and oxygen atoms in total. The van der Waals surface area contributed by atoms with Crippen LogP contribution >= 0.6 is 0 Å². The lowest BCUT2D eigenvalue weighted by molar-refractivity contribution is 0.0576. The van der Waals surface area contributed by atoms with Crippen LogP contribution in [0.4, 0.5) is 0 Å². The van der Waals surface area contributed by atoms with Gasteiger partial charge in [-0.25, -0.2) is 12.7 Å². The zero-order valence-corrected chi connectivity index (χ0v) is 18.4. The van der Waals surface area contributed by atoms with Gasteiger partial charge in [0.25, 0.3) is 5.91 Å². The minimum Gasteiger partial charge on any atom is -0.336 e. The van der Waals surface area contributed by atoms with E-state index in [-0.39, 0.29) is 22.8 Å². The van der Waals surface area contributed by atoms with Gasteiger partial charge in [-0.1, -0.05) is 13.8 Å². The molecule has 1 unspecified atom stereocenters. The molecule has 1 aromatic carbocycles. The van der Waals surface area contributed by atoms with Crippen LogP contribution in [0.2, 0.25) is 0 Å². The van der Waals surface area contributed by atoms with Crippen molar-refractivity contribution in [3.8, 4) is 6.07 Å². The molecule has 0 saturated carbocycles. The van der Waals surface area contributed by atoms with Crippen molar-refractivity contribution < 1.29 is 13.2 Å². The molecule has 0 aliphatic carbocycles. The normalized spacial score (nSPS) is 17.0. The van der Waals surface area contributed by atoms with E-state index >= 15 is 0 Å². The van der Waals surface area contributed by atoms with Crippen LogP contribution < -0.4 is 0 Å². The van der Waals surface area contributed by atoms with E-state index in [1.54, 1.807) is 17.9 Å². The van der Waals surface area contributed by atoms with Crippen molar-refractivity contribution in [3.05, 3.63) is 28.8 Å². The molecule has 1 aliphatic rings. The summed E-state index contributed by atoms with van der Waals surface area (Å²) < 4.78 is 26.4. The molecule has 28 heavy (non-hydrogen) atoms. The Morgan fingerprint density at radius 1 is 1.14 bits per heavy atom. The number of nitrogens with zero attached hydrogens (tertiary/aromatic N) is 4. The van der Waals surface area contributed by atoms with E-state index in [1.165, 1.54) is 20.2 Å². The van der Waals surface area contributed by atoms with E-state index in [0.717, 1.165) is 9.87 Å². The molecule has 154 valence electrons. The van der Waals surface area contributed by atoms with Crippen molar-refractivity contribution in [1.29, 1.82) is 5.26 Å². The molecule has 1 aliphatic heterocycles. The zero-order valence-electron chi connectivity index (χ0n) is 17.6. The first-order valence-electron chi connectivity index (χ1n) is 9.47. The van der Waals surface area contributed by atoms with E-state index in [4.69, 9.17) is 0 Å². The molecule has 1 fully saturated rings. The Morgan fingerprint density at radius 3 is 2.18 bits per heavy atom. The molecule has 1 aromatic rings. The monoisotopic (exact) mass is 406 g/mol. The topological polar surface area (TPSA) is 84.7 Å². The average molecular weight is 407 g/mol. The van der Waals surface area contributed by atoms with Crippen LogP contribution in [-0.2, 0) is 10.0 Å². The van der Waals surface area contributed by atoms with Gasteiger partial charge in [-0.05, 0) is 43.0 Å². The highest BCUT2D eigenvalue weighted by molar-refractivity contribution is 7.89. The lowest BCUT2D eigenvalue weighted by Crippen LogP contribution is -2.52. The van der Waals surface area contributed by atoms with E-state index in [0.29, 0.717) is 37.3 Å². The predicted molar refractivity (Wildman–Crippen MR) is 109 cm³/mol. The highest BCUT2D eigenvalue weighted by atomic mass is 32.2. The number of sulfonamides is 1. The molecule has 1 amide bonds. The third-order valence-corrected chi connectivity index (χ3v) is 7.33. The number of carbonyl (C=O) groups is 1. The molecule has 1 atom stereocenters. The highest BCUT2D eigenvalue weighted by Crippen LogP contribution is 2.24. The lowest BCUT2D eigenvalue weighted by atomic mass is 10.0. The van der Waals surface area contributed by atoms with Gasteiger partial charge in [0.05, 0.1) is 11.0 Å². The van der Waals surface area contributed by atoms with Gasteiger partial charge in [0.1, 0.15) is 6.04 Å². The van der Waals surface area contributed by atoms with Gasteiger partial charge >= 0.3 is 0 Å². The van der Waals surface area contributed by atoms with Crippen LogP contribution in [0.25, 0.3) is 0 Å². The first-order valence-corrected chi connectivity index (χ1v) is 10.9. The van der Waals surface area contributed by atoms with Crippen LogP contribution in [0.15, 0.2) is 17.0 Å². The number of amides is 1.